The van der Waals surface area contributed by atoms with Gasteiger partial charge < -0.3 is 9.47 Å². The molecule has 0 aliphatic rings. The van der Waals surface area contributed by atoms with Gasteiger partial charge in [0.25, 0.3) is 0 Å². The third-order valence-electron chi connectivity index (χ3n) is 3.91. The van der Waals surface area contributed by atoms with E-state index in [1.807, 2.05) is 26.0 Å². The Kier molecular flexibility index (Phi) is 12.3. The van der Waals surface area contributed by atoms with Crippen molar-refractivity contribution in [2.45, 2.75) is 39.5 Å². The highest BCUT2D eigenvalue weighted by molar-refractivity contribution is 5.81. The van der Waals surface area contributed by atoms with E-state index in [0.29, 0.717) is 13.0 Å². The van der Waals surface area contributed by atoms with Gasteiger partial charge in [0.05, 0.1) is 6.61 Å². The molecule has 0 unspecified atom stereocenters. The van der Waals surface area contributed by atoms with Gasteiger partial charge in [0.15, 0.2) is 0 Å². The number of hydrogen-bond acceptors (Lipinski definition) is 4. The molecule has 0 heterocycles. The first-order valence-electron chi connectivity index (χ1n) is 8.58. The summed E-state index contributed by atoms with van der Waals surface area (Å²) >= 11 is 0. The van der Waals surface area contributed by atoms with Crippen LogP contribution in [-0.4, -0.2) is 25.2 Å². The molecule has 0 amide bonds. The maximum atomic E-state index is 11.5. The van der Waals surface area contributed by atoms with Gasteiger partial charge in [-0.05, 0) is 50.7 Å². The Morgan fingerprint density at radius 3 is 1.92 bits per heavy atom. The predicted octanol–water partition coefficient (Wildman–Crippen LogP) is 5.01. The minimum atomic E-state index is -0.461. The van der Waals surface area contributed by atoms with Crippen LogP contribution in [0.2, 0.25) is 0 Å². The Morgan fingerprint density at radius 1 is 0.885 bits per heavy atom. The van der Waals surface area contributed by atoms with E-state index >= 15 is 0 Å². The molecule has 0 fully saturated rings. The van der Waals surface area contributed by atoms with Gasteiger partial charge >= 0.3 is 11.9 Å². The van der Waals surface area contributed by atoms with Gasteiger partial charge in [-0.15, -0.1) is 13.2 Å². The molecule has 0 bridgehead atoms. The van der Waals surface area contributed by atoms with Crippen molar-refractivity contribution in [3.05, 3.63) is 72.9 Å². The number of hydrogen-bond donors (Lipinski definition) is 0. The van der Waals surface area contributed by atoms with Crippen molar-refractivity contribution in [3.63, 3.8) is 0 Å². The first kappa shape index (κ1) is 23.4. The fraction of sp³-hybridized carbons (Fsp3) is 0.364. The topological polar surface area (TPSA) is 52.6 Å². The third kappa shape index (κ3) is 9.02. The van der Waals surface area contributed by atoms with Crippen molar-refractivity contribution in [2.75, 3.05) is 13.2 Å². The van der Waals surface area contributed by atoms with Crippen LogP contribution in [-0.2, 0) is 19.1 Å². The Labute approximate surface area is 157 Å². The molecule has 0 aliphatic heterocycles. The molecule has 0 aromatic heterocycles. The lowest BCUT2D eigenvalue weighted by molar-refractivity contribution is -0.138. The molecule has 142 valence electrons. The molecule has 4 nitrogen and oxygen atoms in total. The lowest BCUT2D eigenvalue weighted by Crippen LogP contribution is -2.09. The van der Waals surface area contributed by atoms with Gasteiger partial charge in [-0.1, -0.05) is 36.5 Å². The fourth-order valence-electron chi connectivity index (χ4n) is 2.43. The molecule has 26 heavy (non-hydrogen) atoms. The summed E-state index contributed by atoms with van der Waals surface area (Å²) in [6.07, 6.45) is 8.86. The second kappa shape index (κ2) is 13.6. The van der Waals surface area contributed by atoms with E-state index in [9.17, 15) is 9.59 Å². The molecular formula is C22H30O4. The number of esters is 2. The summed E-state index contributed by atoms with van der Waals surface area (Å²) in [5.74, 6) is -0.890. The van der Waals surface area contributed by atoms with E-state index in [4.69, 9.17) is 9.47 Å². The summed E-state index contributed by atoms with van der Waals surface area (Å²) in [4.78, 5) is 22.6. The minimum Gasteiger partial charge on any atom is -0.463 e. The number of carbonyl (C=O) groups is 2. The molecule has 0 radical (unpaired) electrons. The zero-order valence-electron chi connectivity index (χ0n) is 16.0. The highest BCUT2D eigenvalue weighted by Crippen LogP contribution is 2.25. The molecule has 4 heteroatoms. The Bertz CT molecular complexity index is 594. The van der Waals surface area contributed by atoms with Crippen molar-refractivity contribution in [1.82, 2.24) is 0 Å². The average molecular weight is 358 g/mol. The first-order valence-corrected chi connectivity index (χ1v) is 8.58. The predicted molar refractivity (Wildman–Crippen MR) is 107 cm³/mol. The van der Waals surface area contributed by atoms with E-state index in [1.165, 1.54) is 5.57 Å². The highest BCUT2D eigenvalue weighted by atomic mass is 16.5. The number of carbonyl (C=O) groups excluding carboxylic acids is 2. The van der Waals surface area contributed by atoms with Gasteiger partial charge in [-0.25, -0.2) is 9.59 Å². The molecule has 0 saturated carbocycles. The molecule has 0 atom stereocenters. The van der Waals surface area contributed by atoms with Gasteiger partial charge in [0, 0.05) is 12.2 Å². The molecule has 0 N–H and O–H groups in total. The lowest BCUT2D eigenvalue weighted by atomic mass is 9.92. The third-order valence-corrected chi connectivity index (χ3v) is 3.91. The standard InChI is InChI=1S/C22H30O4/c1-7-12-19(13-8-2)18(6)20(16-26-22(24)10-4)17(5)14-11-15-25-21(23)9-3/h7-10H,1-4,11-16H2,5-6H3. The van der Waals surface area contributed by atoms with E-state index in [0.717, 1.165) is 48.1 Å². The smallest absolute Gasteiger partial charge is 0.330 e. The summed E-state index contributed by atoms with van der Waals surface area (Å²) in [5.41, 5.74) is 4.30. The number of allylic oxidation sites excluding steroid dienone is 4. The molecule has 0 aliphatic carbocycles. The zero-order chi connectivity index (χ0) is 19.9. The molecule has 0 saturated heterocycles. The maximum Gasteiger partial charge on any atom is 0.330 e. The van der Waals surface area contributed by atoms with E-state index in [-0.39, 0.29) is 6.61 Å². The van der Waals surface area contributed by atoms with Crippen molar-refractivity contribution in [1.29, 1.82) is 0 Å². The maximum absolute atomic E-state index is 11.5. The first-order chi connectivity index (χ1) is 12.4. The monoisotopic (exact) mass is 358 g/mol. The second-order valence-corrected chi connectivity index (χ2v) is 5.76. The van der Waals surface area contributed by atoms with E-state index in [2.05, 4.69) is 26.3 Å². The summed E-state index contributed by atoms with van der Waals surface area (Å²) < 4.78 is 10.3. The van der Waals surface area contributed by atoms with Gasteiger partial charge in [-0.2, -0.15) is 0 Å². The average Bonchev–Trinajstić information content (AvgIpc) is 2.64. The van der Waals surface area contributed by atoms with Gasteiger partial charge in [0.2, 0.25) is 0 Å². The van der Waals surface area contributed by atoms with Crippen LogP contribution in [0.3, 0.4) is 0 Å². The largest absolute Gasteiger partial charge is 0.463 e. The quantitative estimate of drug-likeness (QED) is 0.153. The lowest BCUT2D eigenvalue weighted by Gasteiger charge is -2.17. The summed E-state index contributed by atoms with van der Waals surface area (Å²) in [5, 5.41) is 0. The van der Waals surface area contributed by atoms with Crippen molar-refractivity contribution in [3.8, 4) is 0 Å². The van der Waals surface area contributed by atoms with Crippen LogP contribution >= 0.6 is 0 Å². The van der Waals surface area contributed by atoms with E-state index < -0.39 is 11.9 Å². The van der Waals surface area contributed by atoms with Crippen molar-refractivity contribution < 1.29 is 19.1 Å². The highest BCUT2D eigenvalue weighted by Gasteiger charge is 2.12. The van der Waals surface area contributed by atoms with Crippen LogP contribution in [0.15, 0.2) is 72.9 Å². The van der Waals surface area contributed by atoms with Crippen LogP contribution in [0.4, 0.5) is 0 Å². The SMILES string of the molecule is C=CCC(CC=C)=C(C)C(COC(=O)C=C)=C(C)CCCOC(=O)C=C. The fourth-order valence-corrected chi connectivity index (χ4v) is 2.43. The molecule has 0 aromatic rings. The Hall–Kier alpha value is -2.62. The molecule has 0 rings (SSSR count). The van der Waals surface area contributed by atoms with Crippen LogP contribution in [0.25, 0.3) is 0 Å². The number of rotatable bonds is 13. The van der Waals surface area contributed by atoms with Crippen LogP contribution in [0, 0.1) is 0 Å². The van der Waals surface area contributed by atoms with Crippen molar-refractivity contribution in [2.24, 2.45) is 0 Å². The van der Waals surface area contributed by atoms with Crippen LogP contribution in [0.1, 0.15) is 39.5 Å². The van der Waals surface area contributed by atoms with Crippen LogP contribution < -0.4 is 0 Å². The molecule has 0 aromatic carbocycles. The van der Waals surface area contributed by atoms with Crippen molar-refractivity contribution >= 4 is 11.9 Å². The zero-order valence-corrected chi connectivity index (χ0v) is 16.0. The summed E-state index contributed by atoms with van der Waals surface area (Å²) in [7, 11) is 0. The Morgan fingerprint density at radius 2 is 1.42 bits per heavy atom. The van der Waals surface area contributed by atoms with E-state index in [1.54, 1.807) is 0 Å². The summed E-state index contributed by atoms with van der Waals surface area (Å²) in [6.45, 7) is 18.9. The van der Waals surface area contributed by atoms with Gasteiger partial charge in [0.1, 0.15) is 6.61 Å². The summed E-state index contributed by atoms with van der Waals surface area (Å²) in [6, 6.07) is 0. The normalized spacial score (nSPS) is 10.8. The molecule has 0 spiro atoms. The Balaban J connectivity index is 5.41. The van der Waals surface area contributed by atoms with Crippen LogP contribution in [0.5, 0.6) is 0 Å². The number of ether oxygens (including phenoxy) is 2. The molecular weight excluding hydrogens is 328 g/mol. The van der Waals surface area contributed by atoms with Gasteiger partial charge in [-0.3, -0.25) is 0 Å². The second-order valence-electron chi connectivity index (χ2n) is 5.76. The minimum absolute atomic E-state index is 0.173.